The van der Waals surface area contributed by atoms with Gasteiger partial charge in [-0.2, -0.15) is 0 Å². The molecule has 0 spiro atoms. The topological polar surface area (TPSA) is 44.7 Å². The van der Waals surface area contributed by atoms with E-state index in [1.165, 1.54) is 0 Å². The highest BCUT2D eigenvalue weighted by Crippen LogP contribution is 2.27. The van der Waals surface area contributed by atoms with Crippen molar-refractivity contribution in [1.29, 1.82) is 0 Å². The van der Waals surface area contributed by atoms with E-state index in [1.54, 1.807) is 7.11 Å². The number of nitrogens with one attached hydrogen (secondary N) is 1. The molecule has 0 aromatic heterocycles. The number of methoxy groups -OCH3 is 1. The van der Waals surface area contributed by atoms with E-state index >= 15 is 0 Å². The third-order valence-corrected chi connectivity index (χ3v) is 2.76. The first-order chi connectivity index (χ1) is 8.02. The van der Waals surface area contributed by atoms with Crippen LogP contribution in [0.15, 0.2) is 22.7 Å². The van der Waals surface area contributed by atoms with Crippen molar-refractivity contribution >= 4 is 21.6 Å². The summed E-state index contributed by atoms with van der Waals surface area (Å²) < 4.78 is 6.21. The zero-order chi connectivity index (χ0) is 12.8. The van der Waals surface area contributed by atoms with E-state index in [9.17, 15) is 5.11 Å². The van der Waals surface area contributed by atoms with Gasteiger partial charge in [0, 0.05) is 17.6 Å². The predicted molar refractivity (Wildman–Crippen MR) is 73.7 cm³/mol. The summed E-state index contributed by atoms with van der Waals surface area (Å²) in [6, 6.07) is 5.73. The molecule has 0 radical (unpaired) electrons. The van der Waals surface area contributed by atoms with Crippen LogP contribution >= 0.6 is 15.9 Å². The highest BCUT2D eigenvalue weighted by atomic mass is 79.9. The number of ether oxygens (including phenoxy) is 1. The van der Waals surface area contributed by atoms with Gasteiger partial charge in [0.05, 0.1) is 18.9 Å². The number of anilines is 1. The van der Waals surface area contributed by atoms with Crippen LogP contribution in [-0.4, -0.2) is 50.4 Å². The summed E-state index contributed by atoms with van der Waals surface area (Å²) in [5.41, 5.74) is 0.875. The minimum absolute atomic E-state index is 0.409. The third-order valence-electron chi connectivity index (χ3n) is 2.27. The predicted octanol–water partition coefficient (Wildman–Crippen LogP) is 1.79. The van der Waals surface area contributed by atoms with Crippen molar-refractivity contribution in [2.24, 2.45) is 0 Å². The van der Waals surface area contributed by atoms with Gasteiger partial charge in [-0.1, -0.05) is 15.9 Å². The molecule has 96 valence electrons. The number of hydrogen-bond acceptors (Lipinski definition) is 4. The second-order valence-electron chi connectivity index (χ2n) is 4.14. The standard InChI is InChI=1S/C12H19BrN2O2/c1-15(2)8-10(16)7-14-11-6-9(13)4-5-12(11)17-3/h4-6,10,14,16H,7-8H2,1-3H3. The van der Waals surface area contributed by atoms with E-state index in [2.05, 4.69) is 21.2 Å². The van der Waals surface area contributed by atoms with E-state index in [0.717, 1.165) is 15.9 Å². The maximum absolute atomic E-state index is 9.76. The lowest BCUT2D eigenvalue weighted by atomic mass is 10.2. The quantitative estimate of drug-likeness (QED) is 0.841. The van der Waals surface area contributed by atoms with Gasteiger partial charge in [0.15, 0.2) is 0 Å². The summed E-state index contributed by atoms with van der Waals surface area (Å²) in [7, 11) is 5.50. The molecular formula is C12H19BrN2O2. The van der Waals surface area contributed by atoms with Crippen LogP contribution in [0.5, 0.6) is 5.75 Å². The second kappa shape index (κ2) is 6.83. The first-order valence-electron chi connectivity index (χ1n) is 5.43. The van der Waals surface area contributed by atoms with Gasteiger partial charge < -0.3 is 20.1 Å². The van der Waals surface area contributed by atoms with Gasteiger partial charge in [0.2, 0.25) is 0 Å². The number of likely N-dealkylation sites (N-methyl/N-ethyl adjacent to an activating group) is 1. The molecule has 0 aliphatic rings. The molecule has 1 aromatic rings. The van der Waals surface area contributed by atoms with Crippen LogP contribution < -0.4 is 10.1 Å². The van der Waals surface area contributed by atoms with Crippen molar-refractivity contribution in [3.8, 4) is 5.75 Å². The number of benzene rings is 1. The van der Waals surface area contributed by atoms with Crippen LogP contribution in [0, 0.1) is 0 Å². The molecule has 1 unspecified atom stereocenters. The summed E-state index contributed by atoms with van der Waals surface area (Å²) in [4.78, 5) is 1.95. The number of hydrogen-bond donors (Lipinski definition) is 2. The molecule has 2 N–H and O–H groups in total. The lowest BCUT2D eigenvalue weighted by Crippen LogP contribution is -2.31. The van der Waals surface area contributed by atoms with Crippen LogP contribution in [0.3, 0.4) is 0 Å². The number of aliphatic hydroxyl groups excluding tert-OH is 1. The van der Waals surface area contributed by atoms with E-state index in [4.69, 9.17) is 4.74 Å². The molecule has 0 amide bonds. The van der Waals surface area contributed by atoms with Crippen LogP contribution in [0.1, 0.15) is 0 Å². The van der Waals surface area contributed by atoms with Gasteiger partial charge in [0.1, 0.15) is 5.75 Å². The van der Waals surface area contributed by atoms with Crippen molar-refractivity contribution in [2.75, 3.05) is 39.6 Å². The first-order valence-corrected chi connectivity index (χ1v) is 6.22. The van der Waals surface area contributed by atoms with Crippen molar-refractivity contribution < 1.29 is 9.84 Å². The Morgan fingerprint density at radius 3 is 2.76 bits per heavy atom. The molecule has 0 aliphatic carbocycles. The average molecular weight is 303 g/mol. The molecule has 0 heterocycles. The Labute approximate surface area is 111 Å². The zero-order valence-corrected chi connectivity index (χ0v) is 12.0. The number of rotatable bonds is 6. The fourth-order valence-corrected chi connectivity index (χ4v) is 1.89. The average Bonchev–Trinajstić information content (AvgIpc) is 2.25. The molecule has 1 atom stereocenters. The lowest BCUT2D eigenvalue weighted by molar-refractivity contribution is 0.148. The molecule has 1 rings (SSSR count). The highest BCUT2D eigenvalue weighted by molar-refractivity contribution is 9.10. The van der Waals surface area contributed by atoms with Crippen molar-refractivity contribution in [2.45, 2.75) is 6.10 Å². The largest absolute Gasteiger partial charge is 0.495 e. The summed E-state index contributed by atoms with van der Waals surface area (Å²) in [6.45, 7) is 1.12. The number of nitrogens with zero attached hydrogens (tertiary/aromatic N) is 1. The second-order valence-corrected chi connectivity index (χ2v) is 5.06. The molecular weight excluding hydrogens is 284 g/mol. The molecule has 0 saturated heterocycles. The van der Waals surface area contributed by atoms with Crippen molar-refractivity contribution in [3.63, 3.8) is 0 Å². The molecule has 0 fully saturated rings. The fraction of sp³-hybridized carbons (Fsp3) is 0.500. The Morgan fingerprint density at radius 1 is 1.47 bits per heavy atom. The number of aliphatic hydroxyl groups is 1. The van der Waals surface area contributed by atoms with Crippen molar-refractivity contribution in [3.05, 3.63) is 22.7 Å². The normalized spacial score (nSPS) is 12.6. The van der Waals surface area contributed by atoms with Gasteiger partial charge in [-0.15, -0.1) is 0 Å². The maximum atomic E-state index is 9.76. The van der Waals surface area contributed by atoms with E-state index in [0.29, 0.717) is 13.1 Å². The summed E-state index contributed by atoms with van der Waals surface area (Å²) in [6.07, 6.45) is -0.409. The minimum atomic E-state index is -0.409. The van der Waals surface area contributed by atoms with Crippen molar-refractivity contribution in [1.82, 2.24) is 4.90 Å². The zero-order valence-electron chi connectivity index (χ0n) is 10.4. The fourth-order valence-electron chi connectivity index (χ4n) is 1.53. The monoisotopic (exact) mass is 302 g/mol. The maximum Gasteiger partial charge on any atom is 0.142 e. The van der Waals surface area contributed by atoms with Gasteiger partial charge in [-0.05, 0) is 32.3 Å². The highest BCUT2D eigenvalue weighted by Gasteiger charge is 2.08. The summed E-state index contributed by atoms with van der Waals surface area (Å²) >= 11 is 3.41. The van der Waals surface area contributed by atoms with Crippen LogP contribution in [0.4, 0.5) is 5.69 Å². The Morgan fingerprint density at radius 2 is 2.18 bits per heavy atom. The van der Waals surface area contributed by atoms with Gasteiger partial charge in [-0.25, -0.2) is 0 Å². The molecule has 17 heavy (non-hydrogen) atoms. The van der Waals surface area contributed by atoms with Gasteiger partial charge >= 0.3 is 0 Å². The van der Waals surface area contributed by atoms with Gasteiger partial charge in [0.25, 0.3) is 0 Å². The van der Waals surface area contributed by atoms with E-state index in [-0.39, 0.29) is 0 Å². The minimum Gasteiger partial charge on any atom is -0.495 e. The molecule has 0 saturated carbocycles. The Bertz CT molecular complexity index is 358. The summed E-state index contributed by atoms with van der Waals surface area (Å²) in [5, 5.41) is 12.9. The Kier molecular flexibility index (Phi) is 5.74. The molecule has 4 nitrogen and oxygen atoms in total. The van der Waals surface area contributed by atoms with Gasteiger partial charge in [-0.3, -0.25) is 0 Å². The molecule has 0 bridgehead atoms. The Hall–Kier alpha value is -0.780. The first kappa shape index (κ1) is 14.3. The molecule has 0 aliphatic heterocycles. The SMILES string of the molecule is COc1ccc(Br)cc1NCC(O)CN(C)C. The summed E-state index contributed by atoms with van der Waals surface area (Å²) in [5.74, 6) is 0.769. The van der Waals surface area contributed by atoms with Crippen LogP contribution in [0.25, 0.3) is 0 Å². The van der Waals surface area contributed by atoms with E-state index < -0.39 is 6.10 Å². The smallest absolute Gasteiger partial charge is 0.142 e. The third kappa shape index (κ3) is 4.93. The molecule has 5 heteroatoms. The van der Waals surface area contributed by atoms with E-state index in [1.807, 2.05) is 37.2 Å². The van der Waals surface area contributed by atoms with Crippen LogP contribution in [-0.2, 0) is 0 Å². The molecule has 1 aromatic carbocycles. The van der Waals surface area contributed by atoms with Crippen LogP contribution in [0.2, 0.25) is 0 Å². The Balaban J connectivity index is 2.58. The number of halogens is 1. The lowest BCUT2D eigenvalue weighted by Gasteiger charge is -2.18.